The highest BCUT2D eigenvalue weighted by Gasteiger charge is 2.34. The quantitative estimate of drug-likeness (QED) is 0.695. The fourth-order valence-corrected chi connectivity index (χ4v) is 3.56. The Labute approximate surface area is 160 Å². The third kappa shape index (κ3) is 4.21. The van der Waals surface area contributed by atoms with E-state index in [0.717, 1.165) is 18.7 Å². The van der Waals surface area contributed by atoms with Gasteiger partial charge in [0, 0.05) is 33.8 Å². The fourth-order valence-electron chi connectivity index (χ4n) is 3.56. The molecular weight excluding hydrogens is 320 g/mol. The minimum atomic E-state index is -0.0316. The number of hydrogen-bond acceptors (Lipinski definition) is 2. The SMILES string of the molecule is CC(C)(C)c1cccn1C(C)(C)CCC(C)(C)c1nncn1C(C)(C)C. The summed E-state index contributed by atoms with van der Waals surface area (Å²) in [7, 11) is 0. The second kappa shape index (κ2) is 6.54. The molecule has 0 spiro atoms. The van der Waals surface area contributed by atoms with Crippen LogP contribution in [0.15, 0.2) is 24.7 Å². The first-order chi connectivity index (χ1) is 11.7. The molecule has 2 aromatic rings. The molecular formula is C22H38N4. The van der Waals surface area contributed by atoms with Crippen LogP contribution in [0.25, 0.3) is 0 Å². The van der Waals surface area contributed by atoms with Crippen LogP contribution in [-0.2, 0) is 21.9 Å². The van der Waals surface area contributed by atoms with E-state index >= 15 is 0 Å². The van der Waals surface area contributed by atoms with Crippen LogP contribution in [0.1, 0.15) is 93.6 Å². The van der Waals surface area contributed by atoms with E-state index in [1.165, 1.54) is 5.69 Å². The summed E-state index contributed by atoms with van der Waals surface area (Å²) in [6.45, 7) is 22.7. The van der Waals surface area contributed by atoms with Gasteiger partial charge in [-0.1, -0.05) is 34.6 Å². The van der Waals surface area contributed by atoms with Crippen molar-refractivity contribution in [3.05, 3.63) is 36.2 Å². The molecule has 26 heavy (non-hydrogen) atoms. The Morgan fingerprint density at radius 3 is 2.00 bits per heavy atom. The second-order valence-corrected chi connectivity index (χ2v) is 10.9. The number of hydrogen-bond donors (Lipinski definition) is 0. The minimum Gasteiger partial charge on any atom is -0.345 e. The molecule has 0 aliphatic heterocycles. The highest BCUT2D eigenvalue weighted by atomic mass is 15.3. The van der Waals surface area contributed by atoms with E-state index < -0.39 is 0 Å². The molecule has 0 aliphatic carbocycles. The molecule has 0 aliphatic rings. The normalized spacial score (nSPS) is 14.1. The number of rotatable bonds is 5. The maximum absolute atomic E-state index is 4.48. The molecule has 0 atom stereocenters. The van der Waals surface area contributed by atoms with Gasteiger partial charge in [0.1, 0.15) is 12.2 Å². The van der Waals surface area contributed by atoms with Crippen LogP contribution in [-0.4, -0.2) is 19.3 Å². The van der Waals surface area contributed by atoms with Crippen molar-refractivity contribution in [3.8, 4) is 0 Å². The molecule has 0 fully saturated rings. The Balaban J connectivity index is 2.25. The zero-order valence-corrected chi connectivity index (χ0v) is 18.5. The third-order valence-electron chi connectivity index (χ3n) is 5.41. The summed E-state index contributed by atoms with van der Waals surface area (Å²) in [6, 6.07) is 4.42. The van der Waals surface area contributed by atoms with E-state index in [0.29, 0.717) is 0 Å². The standard InChI is InChI=1S/C22H38N4/c1-19(2,3)17-12-11-15-25(17)22(9,10)14-13-21(7,8)18-24-23-16-26(18)20(4,5)6/h11-12,15-16H,13-14H2,1-10H3. The van der Waals surface area contributed by atoms with Crippen molar-refractivity contribution in [1.82, 2.24) is 19.3 Å². The summed E-state index contributed by atoms with van der Waals surface area (Å²) in [5.41, 5.74) is 1.54. The van der Waals surface area contributed by atoms with Crippen molar-refractivity contribution in [3.63, 3.8) is 0 Å². The minimum absolute atomic E-state index is 0.00848. The van der Waals surface area contributed by atoms with E-state index in [1.807, 2.05) is 6.33 Å². The third-order valence-corrected chi connectivity index (χ3v) is 5.41. The van der Waals surface area contributed by atoms with E-state index in [-0.39, 0.29) is 21.9 Å². The lowest BCUT2D eigenvalue weighted by Crippen LogP contribution is -2.35. The smallest absolute Gasteiger partial charge is 0.138 e. The van der Waals surface area contributed by atoms with Crippen LogP contribution in [0.2, 0.25) is 0 Å². The first kappa shape index (κ1) is 20.7. The Kier molecular flexibility index (Phi) is 5.22. The van der Waals surface area contributed by atoms with Gasteiger partial charge in [-0.25, -0.2) is 0 Å². The first-order valence-electron chi connectivity index (χ1n) is 9.76. The van der Waals surface area contributed by atoms with Crippen LogP contribution in [0.3, 0.4) is 0 Å². The van der Waals surface area contributed by atoms with Crippen LogP contribution in [0, 0.1) is 0 Å². The topological polar surface area (TPSA) is 35.6 Å². The van der Waals surface area contributed by atoms with Crippen molar-refractivity contribution in [2.24, 2.45) is 0 Å². The first-order valence-corrected chi connectivity index (χ1v) is 9.76. The predicted octanol–water partition coefficient (Wildman–Crippen LogP) is 5.63. The van der Waals surface area contributed by atoms with Crippen molar-refractivity contribution in [1.29, 1.82) is 0 Å². The predicted molar refractivity (Wildman–Crippen MR) is 110 cm³/mol. The van der Waals surface area contributed by atoms with E-state index in [9.17, 15) is 0 Å². The van der Waals surface area contributed by atoms with E-state index in [1.54, 1.807) is 0 Å². The highest BCUT2D eigenvalue weighted by Crippen LogP contribution is 2.36. The monoisotopic (exact) mass is 358 g/mol. The van der Waals surface area contributed by atoms with Gasteiger partial charge in [-0.15, -0.1) is 10.2 Å². The Bertz CT molecular complexity index is 669. The van der Waals surface area contributed by atoms with Crippen LogP contribution < -0.4 is 0 Å². The molecule has 2 rings (SSSR count). The molecule has 0 saturated heterocycles. The molecule has 0 saturated carbocycles. The van der Waals surface area contributed by atoms with E-state index in [2.05, 4.69) is 107 Å². The fraction of sp³-hybridized carbons (Fsp3) is 0.727. The lowest BCUT2D eigenvalue weighted by molar-refractivity contribution is 0.255. The highest BCUT2D eigenvalue weighted by molar-refractivity contribution is 5.19. The summed E-state index contributed by atoms with van der Waals surface area (Å²) >= 11 is 0. The Hall–Kier alpha value is -1.58. The summed E-state index contributed by atoms with van der Waals surface area (Å²) in [6.07, 6.45) is 6.22. The van der Waals surface area contributed by atoms with Gasteiger partial charge in [-0.2, -0.15) is 0 Å². The van der Waals surface area contributed by atoms with Crippen LogP contribution >= 0.6 is 0 Å². The van der Waals surface area contributed by atoms with Gasteiger partial charge in [0.15, 0.2) is 0 Å². The summed E-state index contributed by atoms with van der Waals surface area (Å²) in [5, 5.41) is 8.68. The molecule has 4 heteroatoms. The van der Waals surface area contributed by atoms with Gasteiger partial charge >= 0.3 is 0 Å². The molecule has 2 heterocycles. The zero-order chi connectivity index (χ0) is 20.0. The lowest BCUT2D eigenvalue weighted by Gasteiger charge is -2.36. The van der Waals surface area contributed by atoms with E-state index in [4.69, 9.17) is 0 Å². The van der Waals surface area contributed by atoms with Crippen molar-refractivity contribution in [2.45, 2.75) is 104 Å². The summed E-state index contributed by atoms with van der Waals surface area (Å²) in [5.74, 6) is 1.07. The maximum atomic E-state index is 4.48. The van der Waals surface area contributed by atoms with Gasteiger partial charge in [-0.05, 0) is 59.6 Å². The molecule has 0 aromatic carbocycles. The summed E-state index contributed by atoms with van der Waals surface area (Å²) < 4.78 is 4.67. The average molecular weight is 359 g/mol. The molecule has 4 nitrogen and oxygen atoms in total. The van der Waals surface area contributed by atoms with Gasteiger partial charge in [0.2, 0.25) is 0 Å². The molecule has 0 unspecified atom stereocenters. The maximum Gasteiger partial charge on any atom is 0.138 e. The molecule has 0 N–H and O–H groups in total. The van der Waals surface area contributed by atoms with Gasteiger partial charge in [0.05, 0.1) is 0 Å². The van der Waals surface area contributed by atoms with Gasteiger partial charge < -0.3 is 9.13 Å². The number of aromatic nitrogens is 4. The lowest BCUT2D eigenvalue weighted by atomic mass is 9.81. The van der Waals surface area contributed by atoms with Crippen molar-refractivity contribution in [2.75, 3.05) is 0 Å². The molecule has 0 amide bonds. The van der Waals surface area contributed by atoms with Crippen molar-refractivity contribution < 1.29 is 0 Å². The Morgan fingerprint density at radius 2 is 1.46 bits per heavy atom. The zero-order valence-electron chi connectivity index (χ0n) is 18.5. The molecule has 0 bridgehead atoms. The number of nitrogens with zero attached hydrogens (tertiary/aromatic N) is 4. The Morgan fingerprint density at radius 1 is 0.846 bits per heavy atom. The molecule has 0 radical (unpaired) electrons. The van der Waals surface area contributed by atoms with Gasteiger partial charge in [0.25, 0.3) is 0 Å². The average Bonchev–Trinajstić information content (AvgIpc) is 3.13. The second-order valence-electron chi connectivity index (χ2n) is 10.9. The van der Waals surface area contributed by atoms with Gasteiger partial charge in [-0.3, -0.25) is 0 Å². The van der Waals surface area contributed by atoms with Crippen LogP contribution in [0.4, 0.5) is 0 Å². The molecule has 146 valence electrons. The van der Waals surface area contributed by atoms with Crippen LogP contribution in [0.5, 0.6) is 0 Å². The van der Waals surface area contributed by atoms with Crippen molar-refractivity contribution >= 4 is 0 Å². The molecule has 2 aromatic heterocycles. The largest absolute Gasteiger partial charge is 0.345 e. The summed E-state index contributed by atoms with van der Waals surface area (Å²) in [4.78, 5) is 0.